The van der Waals surface area contributed by atoms with Gasteiger partial charge in [-0.1, -0.05) is 17.7 Å². The van der Waals surface area contributed by atoms with Crippen molar-refractivity contribution < 1.29 is 19.8 Å². The number of aromatic carboxylic acids is 1. The standard InChI is InChI=1S/C16H15ClN2O4/c17-14-2-1-9(10(6-18)5-15(20)21)4-13(14)11-3-12(16(22)23)8-19-7-11/h1-4,7-8,10H,5-6,18H2,(H,20,21)(H,22,23)/t10-/m0/s1. The van der Waals surface area contributed by atoms with Gasteiger partial charge in [-0.15, -0.1) is 0 Å². The Kier molecular flexibility index (Phi) is 5.31. The monoisotopic (exact) mass is 334 g/mol. The average molecular weight is 335 g/mol. The molecule has 0 unspecified atom stereocenters. The molecule has 23 heavy (non-hydrogen) atoms. The van der Waals surface area contributed by atoms with E-state index < -0.39 is 11.9 Å². The van der Waals surface area contributed by atoms with Gasteiger partial charge in [-0.2, -0.15) is 0 Å². The molecule has 0 fully saturated rings. The quantitative estimate of drug-likeness (QED) is 0.748. The normalized spacial score (nSPS) is 11.9. The van der Waals surface area contributed by atoms with Crippen molar-refractivity contribution in [1.82, 2.24) is 4.98 Å². The van der Waals surface area contributed by atoms with Gasteiger partial charge in [-0.3, -0.25) is 9.78 Å². The smallest absolute Gasteiger partial charge is 0.337 e. The molecule has 4 N–H and O–H groups in total. The highest BCUT2D eigenvalue weighted by atomic mass is 35.5. The molecule has 0 spiro atoms. The van der Waals surface area contributed by atoms with Gasteiger partial charge in [0.1, 0.15) is 0 Å². The maximum Gasteiger partial charge on any atom is 0.337 e. The third-order valence-corrected chi connectivity index (χ3v) is 3.79. The fraction of sp³-hybridized carbons (Fsp3) is 0.188. The summed E-state index contributed by atoms with van der Waals surface area (Å²) in [7, 11) is 0. The Morgan fingerprint density at radius 3 is 2.57 bits per heavy atom. The molecule has 0 aliphatic heterocycles. The maximum atomic E-state index is 11.1. The van der Waals surface area contributed by atoms with E-state index in [0.29, 0.717) is 16.1 Å². The fourth-order valence-corrected chi connectivity index (χ4v) is 2.50. The number of aromatic nitrogens is 1. The summed E-state index contributed by atoms with van der Waals surface area (Å²) in [6.45, 7) is 0.181. The first-order valence-electron chi connectivity index (χ1n) is 6.82. The van der Waals surface area contributed by atoms with E-state index in [1.54, 1.807) is 18.2 Å². The fourth-order valence-electron chi connectivity index (χ4n) is 2.27. The van der Waals surface area contributed by atoms with Gasteiger partial charge in [0.05, 0.1) is 12.0 Å². The molecule has 0 bridgehead atoms. The van der Waals surface area contributed by atoms with Gasteiger partial charge in [-0.05, 0) is 30.3 Å². The Labute approximate surface area is 137 Å². The molecule has 1 atom stereocenters. The summed E-state index contributed by atoms with van der Waals surface area (Å²) in [5.74, 6) is -2.37. The van der Waals surface area contributed by atoms with Crippen LogP contribution >= 0.6 is 11.6 Å². The van der Waals surface area contributed by atoms with Crippen LogP contribution in [0.15, 0.2) is 36.7 Å². The number of pyridine rings is 1. The lowest BCUT2D eigenvalue weighted by Gasteiger charge is -2.15. The summed E-state index contributed by atoms with van der Waals surface area (Å²) in [6.07, 6.45) is 2.66. The number of halogens is 1. The molecule has 1 heterocycles. The van der Waals surface area contributed by atoms with Crippen LogP contribution in [0.2, 0.25) is 5.02 Å². The summed E-state index contributed by atoms with van der Waals surface area (Å²) in [5, 5.41) is 18.4. The van der Waals surface area contributed by atoms with Crippen LogP contribution in [0.3, 0.4) is 0 Å². The number of aliphatic carboxylic acids is 1. The second kappa shape index (κ2) is 7.21. The van der Waals surface area contributed by atoms with E-state index in [-0.39, 0.29) is 24.4 Å². The summed E-state index contributed by atoms with van der Waals surface area (Å²) < 4.78 is 0. The number of rotatable bonds is 6. The number of carboxylic acid groups (broad SMARTS) is 2. The van der Waals surface area contributed by atoms with Crippen LogP contribution in [0.1, 0.15) is 28.3 Å². The Morgan fingerprint density at radius 2 is 1.96 bits per heavy atom. The number of nitrogens with two attached hydrogens (primary N) is 1. The highest BCUT2D eigenvalue weighted by molar-refractivity contribution is 6.33. The van der Waals surface area contributed by atoms with Gasteiger partial charge < -0.3 is 15.9 Å². The molecule has 0 saturated heterocycles. The van der Waals surface area contributed by atoms with Crippen molar-refractivity contribution in [3.8, 4) is 11.1 Å². The molecule has 1 aromatic carbocycles. The molecule has 2 aromatic rings. The lowest BCUT2D eigenvalue weighted by molar-refractivity contribution is -0.137. The van der Waals surface area contributed by atoms with Crippen molar-refractivity contribution in [2.45, 2.75) is 12.3 Å². The van der Waals surface area contributed by atoms with Crippen LogP contribution in [0, 0.1) is 0 Å². The zero-order valence-electron chi connectivity index (χ0n) is 12.1. The highest BCUT2D eigenvalue weighted by Gasteiger charge is 2.16. The average Bonchev–Trinajstić information content (AvgIpc) is 2.53. The number of hydrogen-bond donors (Lipinski definition) is 3. The highest BCUT2D eigenvalue weighted by Crippen LogP contribution is 2.32. The third kappa shape index (κ3) is 4.06. The van der Waals surface area contributed by atoms with E-state index in [2.05, 4.69) is 4.98 Å². The second-order valence-corrected chi connectivity index (χ2v) is 5.44. The van der Waals surface area contributed by atoms with E-state index in [0.717, 1.165) is 5.56 Å². The van der Waals surface area contributed by atoms with E-state index in [1.807, 2.05) is 0 Å². The number of benzene rings is 1. The number of carbonyl (C=O) groups is 2. The largest absolute Gasteiger partial charge is 0.481 e. The minimum Gasteiger partial charge on any atom is -0.481 e. The molecule has 1 aromatic heterocycles. The van der Waals surface area contributed by atoms with Crippen molar-refractivity contribution in [2.24, 2.45) is 5.73 Å². The van der Waals surface area contributed by atoms with Gasteiger partial charge in [0.2, 0.25) is 0 Å². The zero-order valence-corrected chi connectivity index (χ0v) is 12.8. The third-order valence-electron chi connectivity index (χ3n) is 3.46. The van der Waals surface area contributed by atoms with Gasteiger partial charge in [-0.25, -0.2) is 4.79 Å². The van der Waals surface area contributed by atoms with Gasteiger partial charge >= 0.3 is 11.9 Å². The van der Waals surface area contributed by atoms with Crippen LogP contribution < -0.4 is 5.73 Å². The molecule has 0 saturated carbocycles. The van der Waals surface area contributed by atoms with Crippen molar-refractivity contribution in [2.75, 3.05) is 6.54 Å². The summed E-state index contributed by atoms with van der Waals surface area (Å²) in [5.41, 5.74) is 7.57. The van der Waals surface area contributed by atoms with Gasteiger partial charge in [0, 0.05) is 34.5 Å². The Hall–Kier alpha value is -2.44. The van der Waals surface area contributed by atoms with Crippen LogP contribution in [-0.2, 0) is 4.79 Å². The second-order valence-electron chi connectivity index (χ2n) is 5.04. The van der Waals surface area contributed by atoms with Crippen LogP contribution in [0.5, 0.6) is 0 Å². The summed E-state index contributed by atoms with van der Waals surface area (Å²) in [6, 6.07) is 6.56. The van der Waals surface area contributed by atoms with Crippen molar-refractivity contribution in [3.63, 3.8) is 0 Å². The topological polar surface area (TPSA) is 114 Å². The lowest BCUT2D eigenvalue weighted by Crippen LogP contribution is -2.16. The molecule has 6 nitrogen and oxygen atoms in total. The van der Waals surface area contributed by atoms with E-state index in [1.165, 1.54) is 18.5 Å². The molecular formula is C16H15ClN2O4. The van der Waals surface area contributed by atoms with Crippen LogP contribution in [0.25, 0.3) is 11.1 Å². The summed E-state index contributed by atoms with van der Waals surface area (Å²) >= 11 is 6.19. The first kappa shape index (κ1) is 16.9. The predicted octanol–water partition coefficient (Wildman–Crippen LogP) is 2.62. The molecule has 2 rings (SSSR count). The maximum absolute atomic E-state index is 11.1. The SMILES string of the molecule is NC[C@H](CC(=O)O)c1ccc(Cl)c(-c2cncc(C(=O)O)c2)c1. The van der Waals surface area contributed by atoms with Crippen molar-refractivity contribution >= 4 is 23.5 Å². The molecule has 0 radical (unpaired) electrons. The molecule has 0 aliphatic carbocycles. The summed E-state index contributed by atoms with van der Waals surface area (Å²) in [4.78, 5) is 25.9. The molecule has 120 valence electrons. The van der Waals surface area contributed by atoms with E-state index >= 15 is 0 Å². The Morgan fingerprint density at radius 1 is 1.22 bits per heavy atom. The lowest BCUT2D eigenvalue weighted by atomic mass is 9.93. The van der Waals surface area contributed by atoms with Crippen molar-refractivity contribution in [1.29, 1.82) is 0 Å². The minimum atomic E-state index is -1.09. The number of nitrogens with zero attached hydrogens (tertiary/aromatic N) is 1. The molecule has 0 amide bonds. The van der Waals surface area contributed by atoms with Gasteiger partial charge in [0.15, 0.2) is 0 Å². The number of hydrogen-bond acceptors (Lipinski definition) is 4. The minimum absolute atomic E-state index is 0.0462. The van der Waals surface area contributed by atoms with Crippen LogP contribution in [0.4, 0.5) is 0 Å². The molecule has 0 aliphatic rings. The molecular weight excluding hydrogens is 320 g/mol. The van der Waals surface area contributed by atoms with Crippen LogP contribution in [-0.4, -0.2) is 33.7 Å². The zero-order chi connectivity index (χ0) is 17.0. The van der Waals surface area contributed by atoms with Crippen molar-refractivity contribution in [3.05, 3.63) is 52.8 Å². The van der Waals surface area contributed by atoms with E-state index in [4.69, 9.17) is 27.5 Å². The van der Waals surface area contributed by atoms with Gasteiger partial charge in [0.25, 0.3) is 0 Å². The first-order chi connectivity index (χ1) is 10.9. The predicted molar refractivity (Wildman–Crippen MR) is 85.7 cm³/mol. The Bertz CT molecular complexity index is 749. The number of carboxylic acids is 2. The van der Waals surface area contributed by atoms with E-state index in [9.17, 15) is 9.59 Å². The first-order valence-corrected chi connectivity index (χ1v) is 7.20. The molecule has 7 heteroatoms. The Balaban J connectivity index is 2.47.